The van der Waals surface area contributed by atoms with E-state index in [0.717, 1.165) is 22.6 Å². The minimum Gasteiger partial charge on any atom is -0.354 e. The second kappa shape index (κ2) is 3.83. The van der Waals surface area contributed by atoms with Crippen molar-refractivity contribution < 1.29 is 0 Å². The highest BCUT2D eigenvalue weighted by atomic mass is 14.9. The number of rotatable bonds is 0. The first-order chi connectivity index (χ1) is 10.4. The zero-order valence-corrected chi connectivity index (χ0v) is 11.3. The van der Waals surface area contributed by atoms with Gasteiger partial charge in [-0.3, -0.25) is 0 Å². The molecular formula is C19H12N2. The monoisotopic (exact) mass is 268 g/mol. The Morgan fingerprint density at radius 1 is 0.667 bits per heavy atom. The molecule has 0 aliphatic carbocycles. The van der Waals surface area contributed by atoms with Gasteiger partial charge in [0.25, 0.3) is 0 Å². The molecule has 0 radical (unpaired) electrons. The summed E-state index contributed by atoms with van der Waals surface area (Å²) in [4.78, 5) is 4.94. The minimum atomic E-state index is 1.05. The lowest BCUT2D eigenvalue weighted by Crippen LogP contribution is -2.02. The van der Waals surface area contributed by atoms with Gasteiger partial charge in [0, 0.05) is 27.7 Å². The quantitative estimate of drug-likeness (QED) is 0.395. The fourth-order valence-corrected chi connectivity index (χ4v) is 3.25. The van der Waals surface area contributed by atoms with Crippen molar-refractivity contribution in [3.05, 3.63) is 66.7 Å². The van der Waals surface area contributed by atoms with E-state index in [0.29, 0.717) is 0 Å². The Balaban J connectivity index is 2.07. The molecular weight excluding hydrogens is 256 g/mol. The predicted octanol–water partition coefficient (Wildman–Crippen LogP) is 5.11. The van der Waals surface area contributed by atoms with Crippen molar-refractivity contribution in [2.24, 2.45) is 0 Å². The first kappa shape index (κ1) is 10.9. The van der Waals surface area contributed by atoms with Gasteiger partial charge in [-0.05, 0) is 23.6 Å². The zero-order valence-electron chi connectivity index (χ0n) is 11.3. The van der Waals surface area contributed by atoms with Gasteiger partial charge in [-0.1, -0.05) is 48.5 Å². The van der Waals surface area contributed by atoms with E-state index < -0.39 is 0 Å². The minimum absolute atomic E-state index is 1.05. The molecule has 3 aromatic carbocycles. The van der Waals surface area contributed by atoms with Crippen LogP contribution in [0.25, 0.3) is 32.9 Å². The molecule has 2 heterocycles. The fraction of sp³-hybridized carbons (Fsp3) is 0. The number of pyridine rings is 1. The molecule has 0 saturated carbocycles. The van der Waals surface area contributed by atoms with Crippen LogP contribution in [-0.2, 0) is 0 Å². The molecule has 2 heteroatoms. The maximum Gasteiger partial charge on any atom is 0.0829 e. The molecule has 1 aliphatic rings. The number of aromatic nitrogens is 1. The van der Waals surface area contributed by atoms with Gasteiger partial charge in [0.2, 0.25) is 0 Å². The Labute approximate surface area is 122 Å². The molecule has 98 valence electrons. The van der Waals surface area contributed by atoms with Gasteiger partial charge in [-0.2, -0.15) is 0 Å². The Morgan fingerprint density at radius 2 is 1.43 bits per heavy atom. The van der Waals surface area contributed by atoms with Crippen LogP contribution in [0.1, 0.15) is 0 Å². The van der Waals surface area contributed by atoms with Crippen molar-refractivity contribution in [1.82, 2.24) is 4.98 Å². The van der Waals surface area contributed by atoms with Crippen LogP contribution in [0.4, 0.5) is 11.4 Å². The number of nitrogens with zero attached hydrogens (tertiary/aromatic N) is 1. The highest BCUT2D eigenvalue weighted by molar-refractivity contribution is 6.18. The third kappa shape index (κ3) is 1.39. The zero-order chi connectivity index (χ0) is 13.8. The van der Waals surface area contributed by atoms with Gasteiger partial charge in [0.15, 0.2) is 0 Å². The molecule has 4 aromatic rings. The smallest absolute Gasteiger partial charge is 0.0829 e. The Kier molecular flexibility index (Phi) is 1.98. The molecule has 0 amide bonds. The molecule has 0 bridgehead atoms. The highest BCUT2D eigenvalue weighted by Crippen LogP contribution is 2.44. The summed E-state index contributed by atoms with van der Waals surface area (Å²) in [6.07, 6.45) is 0. The largest absolute Gasteiger partial charge is 0.354 e. The second-order valence-corrected chi connectivity index (χ2v) is 5.38. The van der Waals surface area contributed by atoms with E-state index in [9.17, 15) is 0 Å². The Morgan fingerprint density at radius 3 is 2.43 bits per heavy atom. The van der Waals surface area contributed by atoms with E-state index in [4.69, 9.17) is 4.98 Å². The summed E-state index contributed by atoms with van der Waals surface area (Å²) in [7, 11) is 0. The molecule has 2 nitrogen and oxygen atoms in total. The molecule has 0 atom stereocenters. The number of benzene rings is 3. The normalized spacial score (nSPS) is 12.2. The molecule has 0 spiro atoms. The summed E-state index contributed by atoms with van der Waals surface area (Å²) in [5.41, 5.74) is 5.56. The average molecular weight is 268 g/mol. The number of hydrogen-bond donors (Lipinski definition) is 1. The van der Waals surface area contributed by atoms with E-state index in [1.807, 2.05) is 6.07 Å². The molecule has 0 fully saturated rings. The number of fused-ring (bicyclic) bond motifs is 4. The SMILES string of the molecule is c1ccc2c(c1)Nc1cccc3c1c-2nc1ccccc13. The summed E-state index contributed by atoms with van der Waals surface area (Å²) < 4.78 is 0. The standard InChI is InChI=1S/C19H12N2/c1-3-9-15-12(6-1)13-8-5-11-17-18(13)19(21-15)14-7-2-4-10-16(14)20-17/h1-11,20H. The molecule has 1 N–H and O–H groups in total. The lowest BCUT2D eigenvalue weighted by molar-refractivity contribution is 1.40. The molecule has 0 saturated heterocycles. The van der Waals surface area contributed by atoms with Crippen molar-refractivity contribution >= 4 is 33.1 Å². The molecule has 5 rings (SSSR count). The molecule has 1 aliphatic heterocycles. The van der Waals surface area contributed by atoms with Crippen LogP contribution >= 0.6 is 0 Å². The van der Waals surface area contributed by atoms with Crippen molar-refractivity contribution in [2.45, 2.75) is 0 Å². The van der Waals surface area contributed by atoms with Gasteiger partial charge in [-0.15, -0.1) is 0 Å². The maximum absolute atomic E-state index is 4.94. The first-order valence-electron chi connectivity index (χ1n) is 7.10. The van der Waals surface area contributed by atoms with E-state index in [2.05, 4.69) is 66.0 Å². The van der Waals surface area contributed by atoms with Gasteiger partial charge in [0.05, 0.1) is 11.2 Å². The number of para-hydroxylation sites is 2. The average Bonchev–Trinajstić information content (AvgIpc) is 2.55. The van der Waals surface area contributed by atoms with Crippen LogP contribution < -0.4 is 5.32 Å². The maximum atomic E-state index is 4.94. The number of hydrogen-bond acceptors (Lipinski definition) is 2. The molecule has 1 aromatic heterocycles. The fourth-order valence-electron chi connectivity index (χ4n) is 3.25. The first-order valence-corrected chi connectivity index (χ1v) is 7.10. The van der Waals surface area contributed by atoms with Crippen LogP contribution in [0.2, 0.25) is 0 Å². The second-order valence-electron chi connectivity index (χ2n) is 5.38. The summed E-state index contributed by atoms with van der Waals surface area (Å²) in [5, 5.41) is 7.21. The summed E-state index contributed by atoms with van der Waals surface area (Å²) in [5.74, 6) is 0. The summed E-state index contributed by atoms with van der Waals surface area (Å²) in [6, 6.07) is 23.1. The predicted molar refractivity (Wildman–Crippen MR) is 88.0 cm³/mol. The van der Waals surface area contributed by atoms with Crippen molar-refractivity contribution in [3.8, 4) is 11.3 Å². The van der Waals surface area contributed by atoms with Crippen LogP contribution in [0.15, 0.2) is 66.7 Å². The lowest BCUT2D eigenvalue weighted by atomic mass is 9.95. The molecule has 21 heavy (non-hydrogen) atoms. The van der Waals surface area contributed by atoms with Crippen LogP contribution in [0.3, 0.4) is 0 Å². The third-order valence-corrected chi connectivity index (χ3v) is 4.18. The van der Waals surface area contributed by atoms with Crippen molar-refractivity contribution in [3.63, 3.8) is 0 Å². The number of nitrogens with one attached hydrogen (secondary N) is 1. The van der Waals surface area contributed by atoms with Crippen molar-refractivity contribution in [2.75, 3.05) is 5.32 Å². The van der Waals surface area contributed by atoms with E-state index in [-0.39, 0.29) is 0 Å². The third-order valence-electron chi connectivity index (χ3n) is 4.18. The Bertz CT molecular complexity index is 1020. The molecule has 0 unspecified atom stereocenters. The van der Waals surface area contributed by atoms with Crippen LogP contribution in [0.5, 0.6) is 0 Å². The Hall–Kier alpha value is -2.87. The van der Waals surface area contributed by atoms with E-state index in [1.165, 1.54) is 21.7 Å². The van der Waals surface area contributed by atoms with E-state index in [1.54, 1.807) is 0 Å². The van der Waals surface area contributed by atoms with Gasteiger partial charge < -0.3 is 5.32 Å². The highest BCUT2D eigenvalue weighted by Gasteiger charge is 2.20. The van der Waals surface area contributed by atoms with Crippen LogP contribution in [0, 0.1) is 0 Å². The summed E-state index contributed by atoms with van der Waals surface area (Å²) >= 11 is 0. The van der Waals surface area contributed by atoms with E-state index >= 15 is 0 Å². The van der Waals surface area contributed by atoms with Gasteiger partial charge >= 0.3 is 0 Å². The topological polar surface area (TPSA) is 24.9 Å². The summed E-state index contributed by atoms with van der Waals surface area (Å²) in [6.45, 7) is 0. The van der Waals surface area contributed by atoms with Crippen molar-refractivity contribution in [1.29, 1.82) is 0 Å². The number of anilines is 2. The van der Waals surface area contributed by atoms with Gasteiger partial charge in [-0.25, -0.2) is 4.98 Å². The van der Waals surface area contributed by atoms with Gasteiger partial charge in [0.1, 0.15) is 0 Å². The lowest BCUT2D eigenvalue weighted by Gasteiger charge is -2.22. The van der Waals surface area contributed by atoms with Crippen LogP contribution in [-0.4, -0.2) is 4.98 Å².